The van der Waals surface area contributed by atoms with E-state index in [0.29, 0.717) is 43.4 Å². The first-order valence-electron chi connectivity index (χ1n) is 11.8. The largest absolute Gasteiger partial charge is 0.497 e. The molecule has 1 aliphatic rings. The van der Waals surface area contributed by atoms with Gasteiger partial charge in [0.1, 0.15) is 11.3 Å². The molecule has 194 valence electrons. The number of carbonyl (C=O) groups is 1. The van der Waals surface area contributed by atoms with Gasteiger partial charge in [-0.2, -0.15) is 0 Å². The molecule has 1 amide bonds. The minimum Gasteiger partial charge on any atom is -0.497 e. The lowest BCUT2D eigenvalue weighted by atomic mass is 10.3. The van der Waals surface area contributed by atoms with E-state index in [9.17, 15) is 13.2 Å². The van der Waals surface area contributed by atoms with E-state index in [0.717, 1.165) is 40.6 Å². The van der Waals surface area contributed by atoms with E-state index >= 15 is 0 Å². The molecule has 0 unspecified atom stereocenters. The molecule has 0 N–H and O–H groups in total. The predicted molar refractivity (Wildman–Crippen MR) is 145 cm³/mol. The monoisotopic (exact) mass is 549 g/mol. The number of carbonyl (C=O) groups excluding carboxylic acids is 1. The summed E-state index contributed by atoms with van der Waals surface area (Å²) in [4.78, 5) is 23.3. The van der Waals surface area contributed by atoms with Crippen molar-refractivity contribution in [2.24, 2.45) is 0 Å². The molecule has 2 heterocycles. The number of thioether (sulfide) groups is 1. The molecule has 0 radical (unpaired) electrons. The second-order valence-electron chi connectivity index (χ2n) is 8.50. The fraction of sp³-hybridized carbons (Fsp3) is 0.440. The van der Waals surface area contributed by atoms with Gasteiger partial charge in [-0.25, -0.2) is 13.4 Å². The third-order valence-electron chi connectivity index (χ3n) is 5.91. The molecule has 8 nitrogen and oxygen atoms in total. The number of anilines is 1. The second-order valence-corrected chi connectivity index (χ2v) is 12.7. The van der Waals surface area contributed by atoms with Gasteiger partial charge >= 0.3 is 0 Å². The summed E-state index contributed by atoms with van der Waals surface area (Å²) in [6.45, 7) is 4.25. The molecule has 1 aliphatic heterocycles. The lowest BCUT2D eigenvalue weighted by Crippen LogP contribution is -2.43. The van der Waals surface area contributed by atoms with Gasteiger partial charge in [-0.05, 0) is 48.6 Å². The van der Waals surface area contributed by atoms with Gasteiger partial charge in [0.25, 0.3) is 0 Å². The molecule has 0 aliphatic carbocycles. The maximum absolute atomic E-state index is 13.4. The van der Waals surface area contributed by atoms with E-state index in [1.165, 1.54) is 17.6 Å². The number of hydrogen-bond donors (Lipinski definition) is 0. The third-order valence-corrected chi connectivity index (χ3v) is 9.18. The molecule has 3 aromatic rings. The number of aromatic nitrogens is 1. The Bertz CT molecular complexity index is 1270. The van der Waals surface area contributed by atoms with Crippen molar-refractivity contribution in [1.82, 2.24) is 9.88 Å². The van der Waals surface area contributed by atoms with Crippen LogP contribution in [0.5, 0.6) is 5.75 Å². The first-order valence-corrected chi connectivity index (χ1v) is 15.5. The van der Waals surface area contributed by atoms with Crippen LogP contribution in [0.2, 0.25) is 0 Å². The minimum absolute atomic E-state index is 0.00134. The van der Waals surface area contributed by atoms with E-state index in [-0.39, 0.29) is 10.8 Å². The second kappa shape index (κ2) is 12.4. The molecule has 0 saturated carbocycles. The number of sulfone groups is 1. The molecule has 11 heteroatoms. The van der Waals surface area contributed by atoms with Crippen molar-refractivity contribution < 1.29 is 22.7 Å². The van der Waals surface area contributed by atoms with Gasteiger partial charge in [0.05, 0.1) is 29.9 Å². The first-order chi connectivity index (χ1) is 17.3. The van der Waals surface area contributed by atoms with Crippen molar-refractivity contribution in [3.8, 4) is 5.75 Å². The van der Waals surface area contributed by atoms with Crippen LogP contribution in [-0.4, -0.2) is 82.7 Å². The van der Waals surface area contributed by atoms with Crippen LogP contribution < -0.4 is 9.64 Å². The Morgan fingerprint density at radius 1 is 1.19 bits per heavy atom. The van der Waals surface area contributed by atoms with E-state index in [1.54, 1.807) is 35.9 Å². The summed E-state index contributed by atoms with van der Waals surface area (Å²) < 4.78 is 35.9. The van der Waals surface area contributed by atoms with Gasteiger partial charge in [0.2, 0.25) is 5.91 Å². The molecule has 0 bridgehead atoms. The quantitative estimate of drug-likeness (QED) is 0.263. The zero-order valence-corrected chi connectivity index (χ0v) is 23.0. The highest BCUT2D eigenvalue weighted by Gasteiger charge is 2.23. The van der Waals surface area contributed by atoms with Gasteiger partial charge in [-0.3, -0.25) is 14.6 Å². The number of ether oxygens (including phenoxy) is 2. The summed E-state index contributed by atoms with van der Waals surface area (Å²) in [7, 11) is -1.79. The number of para-hydroxylation sites is 1. The number of morpholine rings is 1. The zero-order valence-electron chi connectivity index (χ0n) is 20.5. The maximum Gasteiger partial charge on any atom is 0.228 e. The van der Waals surface area contributed by atoms with Crippen LogP contribution in [0.3, 0.4) is 0 Å². The van der Waals surface area contributed by atoms with Crippen LogP contribution in [-0.2, 0) is 19.4 Å². The number of nitrogens with zero attached hydrogens (tertiary/aromatic N) is 3. The number of amides is 1. The Balaban J connectivity index is 1.46. The highest BCUT2D eigenvalue weighted by atomic mass is 32.2. The summed E-state index contributed by atoms with van der Waals surface area (Å²) in [6, 6.07) is 13.0. The molecule has 0 atom stereocenters. The van der Waals surface area contributed by atoms with Crippen molar-refractivity contribution >= 4 is 54.2 Å². The predicted octanol–water partition coefficient (Wildman–Crippen LogP) is 3.95. The van der Waals surface area contributed by atoms with Gasteiger partial charge in [0.15, 0.2) is 15.0 Å². The Kier molecular flexibility index (Phi) is 9.24. The van der Waals surface area contributed by atoms with E-state index < -0.39 is 9.84 Å². The summed E-state index contributed by atoms with van der Waals surface area (Å²) >= 11 is 3.06. The third kappa shape index (κ3) is 6.98. The number of rotatable bonds is 11. The Morgan fingerprint density at radius 3 is 2.64 bits per heavy atom. The Hall–Kier alpha value is -2.18. The highest BCUT2D eigenvalue weighted by Crippen LogP contribution is 2.33. The molecule has 0 spiro atoms. The molecule has 36 heavy (non-hydrogen) atoms. The topological polar surface area (TPSA) is 89.0 Å². The van der Waals surface area contributed by atoms with Crippen molar-refractivity contribution in [3.05, 3.63) is 42.5 Å². The maximum atomic E-state index is 13.4. The Labute approximate surface area is 220 Å². The standard InChI is InChI=1S/C25H31N3O5S3/c1-32-19-8-10-20(11-9-19)34-18-4-7-23(29)28(13-12-27-14-16-33-17-15-27)25-26-24-21(35-25)5-3-6-22(24)36(2,30)31/h3,5-6,8-11H,4,7,12-18H2,1-2H3. The van der Waals surface area contributed by atoms with Crippen molar-refractivity contribution in [3.63, 3.8) is 0 Å². The normalized spacial score (nSPS) is 14.7. The zero-order chi connectivity index (χ0) is 25.5. The van der Waals surface area contributed by atoms with E-state index in [2.05, 4.69) is 9.88 Å². The van der Waals surface area contributed by atoms with Gasteiger partial charge < -0.3 is 9.47 Å². The number of thiazole rings is 1. The van der Waals surface area contributed by atoms with Crippen LogP contribution in [0.4, 0.5) is 5.13 Å². The van der Waals surface area contributed by atoms with Crippen molar-refractivity contribution in [2.45, 2.75) is 22.6 Å². The first kappa shape index (κ1) is 26.9. The smallest absolute Gasteiger partial charge is 0.228 e. The number of benzene rings is 2. The number of fused-ring (bicyclic) bond motifs is 1. The molecule has 1 fully saturated rings. The van der Waals surface area contributed by atoms with Crippen LogP contribution >= 0.6 is 23.1 Å². The average molecular weight is 550 g/mol. The average Bonchev–Trinajstić information content (AvgIpc) is 3.31. The SMILES string of the molecule is COc1ccc(SCCCC(=O)N(CCN2CCOCC2)c2nc3c(S(C)(=O)=O)cccc3s2)cc1. The molecule has 4 rings (SSSR count). The van der Waals surface area contributed by atoms with Gasteiger partial charge in [0, 0.05) is 43.8 Å². The Morgan fingerprint density at radius 2 is 1.94 bits per heavy atom. The molecule has 1 aromatic heterocycles. The van der Waals surface area contributed by atoms with Crippen LogP contribution in [0.25, 0.3) is 10.2 Å². The number of methoxy groups -OCH3 is 1. The van der Waals surface area contributed by atoms with Crippen LogP contribution in [0, 0.1) is 0 Å². The highest BCUT2D eigenvalue weighted by molar-refractivity contribution is 7.99. The fourth-order valence-corrected chi connectivity index (χ4v) is 6.73. The minimum atomic E-state index is -3.43. The molecular formula is C25H31N3O5S3. The molecular weight excluding hydrogens is 518 g/mol. The molecule has 2 aromatic carbocycles. The van der Waals surface area contributed by atoms with E-state index in [4.69, 9.17) is 9.47 Å². The van der Waals surface area contributed by atoms with Crippen LogP contribution in [0.1, 0.15) is 12.8 Å². The lowest BCUT2D eigenvalue weighted by Gasteiger charge is -2.29. The fourth-order valence-electron chi connectivity index (χ4n) is 3.94. The van der Waals surface area contributed by atoms with Crippen molar-refractivity contribution in [1.29, 1.82) is 0 Å². The summed E-state index contributed by atoms with van der Waals surface area (Å²) in [5, 5.41) is 0.544. The lowest BCUT2D eigenvalue weighted by molar-refractivity contribution is -0.118. The van der Waals surface area contributed by atoms with E-state index in [1.807, 2.05) is 30.3 Å². The van der Waals surface area contributed by atoms with Gasteiger partial charge in [-0.15, -0.1) is 11.8 Å². The van der Waals surface area contributed by atoms with Crippen molar-refractivity contribution in [2.75, 3.05) is 63.4 Å². The number of hydrogen-bond acceptors (Lipinski definition) is 9. The van der Waals surface area contributed by atoms with Gasteiger partial charge in [-0.1, -0.05) is 17.4 Å². The summed E-state index contributed by atoms with van der Waals surface area (Å²) in [5.41, 5.74) is 0.430. The molecule has 1 saturated heterocycles. The van der Waals surface area contributed by atoms with Crippen LogP contribution in [0.15, 0.2) is 52.3 Å². The summed E-state index contributed by atoms with van der Waals surface area (Å²) in [5.74, 6) is 1.63. The summed E-state index contributed by atoms with van der Waals surface area (Å²) in [6.07, 6.45) is 2.30.